The van der Waals surface area contributed by atoms with Crippen molar-refractivity contribution >= 4 is 52.5 Å². The van der Waals surface area contributed by atoms with Gasteiger partial charge in [-0.25, -0.2) is 0 Å². The quantitative estimate of drug-likeness (QED) is 0.345. The van der Waals surface area contributed by atoms with Crippen LogP contribution in [0.2, 0.25) is 10.0 Å². The average molecular weight is 524 g/mol. The van der Waals surface area contributed by atoms with Crippen molar-refractivity contribution in [3.05, 3.63) is 63.9 Å². The van der Waals surface area contributed by atoms with E-state index in [2.05, 4.69) is 20.8 Å². The summed E-state index contributed by atoms with van der Waals surface area (Å²) in [5.41, 5.74) is 0.866. The first-order valence-corrected chi connectivity index (χ1v) is 12.0. The Bertz CT molecular complexity index is 1160. The number of thioether (sulfide) groups is 1. The molecule has 3 aromatic rings. The maximum atomic E-state index is 12.6. The smallest absolute Gasteiger partial charge is 0.251 e. The van der Waals surface area contributed by atoms with Crippen LogP contribution in [0.25, 0.3) is 0 Å². The molecule has 0 radical (unpaired) electrons. The normalized spacial score (nSPS) is 11.7. The molecule has 2 aromatic carbocycles. The fraction of sp³-hybridized carbons (Fsp3) is 0.273. The van der Waals surface area contributed by atoms with E-state index >= 15 is 0 Å². The summed E-state index contributed by atoms with van der Waals surface area (Å²) >= 11 is 13.2. The summed E-state index contributed by atoms with van der Waals surface area (Å²) in [6, 6.07) is 10.6. The van der Waals surface area contributed by atoms with Crippen LogP contribution >= 0.6 is 35.0 Å². The second-order valence-electron chi connectivity index (χ2n) is 6.98. The van der Waals surface area contributed by atoms with E-state index in [1.165, 1.54) is 11.8 Å². The summed E-state index contributed by atoms with van der Waals surface area (Å²) in [5.74, 6) is 0.410. The summed E-state index contributed by atoms with van der Waals surface area (Å²) in [6.45, 7) is 1.98. The topological polar surface area (TPSA) is 118 Å². The predicted molar refractivity (Wildman–Crippen MR) is 132 cm³/mol. The standard InChI is InChI=1S/C22H23Cl2N5O4S/c1-3-29-20(18(11-30)26-21(32)13-4-7-15(33-2)8-5-13)27-28-22(29)34-12-19(31)25-17-9-6-14(23)10-16(17)24/h4-10,18,30H,3,11-12H2,1-2H3,(H,25,31)(H,26,32)/t18-/m0/s1. The Labute approximate surface area is 210 Å². The van der Waals surface area contributed by atoms with E-state index in [9.17, 15) is 14.7 Å². The second kappa shape index (κ2) is 12.1. The molecule has 12 heteroatoms. The van der Waals surface area contributed by atoms with Crippen molar-refractivity contribution < 1.29 is 19.4 Å². The first kappa shape index (κ1) is 25.8. The molecule has 0 saturated carbocycles. The van der Waals surface area contributed by atoms with Crippen LogP contribution in [-0.4, -0.2) is 51.2 Å². The van der Waals surface area contributed by atoms with E-state index < -0.39 is 6.04 Å². The fourth-order valence-electron chi connectivity index (χ4n) is 3.04. The molecule has 0 saturated heterocycles. The number of aliphatic hydroxyl groups is 1. The number of carbonyl (C=O) groups is 2. The maximum absolute atomic E-state index is 12.6. The van der Waals surface area contributed by atoms with Crippen LogP contribution in [0.15, 0.2) is 47.6 Å². The monoisotopic (exact) mass is 523 g/mol. The molecule has 2 amide bonds. The van der Waals surface area contributed by atoms with Crippen LogP contribution in [0.4, 0.5) is 5.69 Å². The van der Waals surface area contributed by atoms with Crippen LogP contribution in [0.3, 0.4) is 0 Å². The van der Waals surface area contributed by atoms with Gasteiger partial charge in [-0.1, -0.05) is 35.0 Å². The predicted octanol–water partition coefficient (Wildman–Crippen LogP) is 3.81. The third kappa shape index (κ3) is 6.41. The third-order valence-corrected chi connectivity index (χ3v) is 6.27. The van der Waals surface area contributed by atoms with Crippen molar-refractivity contribution in [1.82, 2.24) is 20.1 Å². The lowest BCUT2D eigenvalue weighted by Gasteiger charge is -2.17. The average Bonchev–Trinajstić information content (AvgIpc) is 3.25. The number of rotatable bonds is 10. The minimum absolute atomic E-state index is 0.0547. The maximum Gasteiger partial charge on any atom is 0.251 e. The van der Waals surface area contributed by atoms with Gasteiger partial charge in [0.1, 0.15) is 11.8 Å². The largest absolute Gasteiger partial charge is 0.497 e. The number of halogens is 2. The summed E-state index contributed by atoms with van der Waals surface area (Å²) in [4.78, 5) is 25.0. The zero-order valence-corrected chi connectivity index (χ0v) is 20.7. The number of ether oxygens (including phenoxy) is 1. The fourth-order valence-corrected chi connectivity index (χ4v) is 4.31. The van der Waals surface area contributed by atoms with Gasteiger partial charge in [0, 0.05) is 17.1 Å². The SMILES string of the molecule is CCn1c(SCC(=O)Nc2ccc(Cl)cc2Cl)nnc1[C@H](CO)NC(=O)c1ccc(OC)cc1. The van der Waals surface area contributed by atoms with Crippen molar-refractivity contribution in [2.75, 3.05) is 24.8 Å². The lowest BCUT2D eigenvalue weighted by atomic mass is 10.2. The van der Waals surface area contributed by atoms with E-state index in [1.54, 1.807) is 54.1 Å². The van der Waals surface area contributed by atoms with Crippen LogP contribution in [-0.2, 0) is 11.3 Å². The molecule has 0 aliphatic heterocycles. The number of aliphatic hydroxyl groups excluding tert-OH is 1. The van der Waals surface area contributed by atoms with Crippen molar-refractivity contribution in [3.63, 3.8) is 0 Å². The van der Waals surface area contributed by atoms with Crippen LogP contribution < -0.4 is 15.4 Å². The molecule has 0 spiro atoms. The van der Waals surface area contributed by atoms with Gasteiger partial charge in [0.2, 0.25) is 5.91 Å². The van der Waals surface area contributed by atoms with Gasteiger partial charge in [-0.15, -0.1) is 10.2 Å². The zero-order chi connectivity index (χ0) is 24.7. The van der Waals surface area contributed by atoms with Crippen molar-refractivity contribution in [2.45, 2.75) is 24.7 Å². The van der Waals surface area contributed by atoms with E-state index in [0.717, 1.165) is 0 Å². The van der Waals surface area contributed by atoms with E-state index in [1.807, 2.05) is 6.92 Å². The number of amides is 2. The van der Waals surface area contributed by atoms with Gasteiger partial charge < -0.3 is 25.0 Å². The molecular formula is C22H23Cl2N5O4S. The molecule has 0 aliphatic carbocycles. The van der Waals surface area contributed by atoms with Crippen LogP contribution in [0.1, 0.15) is 29.1 Å². The molecule has 0 unspecified atom stereocenters. The molecule has 1 aromatic heterocycles. The Kier molecular flexibility index (Phi) is 9.17. The summed E-state index contributed by atoms with van der Waals surface area (Å²) in [6.07, 6.45) is 0. The van der Waals surface area contributed by atoms with Crippen LogP contribution in [0.5, 0.6) is 5.75 Å². The Morgan fingerprint density at radius 1 is 1.18 bits per heavy atom. The number of carbonyl (C=O) groups excluding carboxylic acids is 2. The highest BCUT2D eigenvalue weighted by Gasteiger charge is 2.23. The highest BCUT2D eigenvalue weighted by molar-refractivity contribution is 7.99. The summed E-state index contributed by atoms with van der Waals surface area (Å²) in [5, 5.41) is 25.0. The van der Waals surface area contributed by atoms with Crippen molar-refractivity contribution in [2.24, 2.45) is 0 Å². The number of methoxy groups -OCH3 is 1. The number of benzene rings is 2. The highest BCUT2D eigenvalue weighted by Crippen LogP contribution is 2.26. The zero-order valence-electron chi connectivity index (χ0n) is 18.4. The number of anilines is 1. The molecule has 1 heterocycles. The molecule has 1 atom stereocenters. The molecule has 0 aliphatic rings. The molecule has 3 rings (SSSR count). The molecule has 9 nitrogen and oxygen atoms in total. The van der Waals surface area contributed by atoms with Crippen molar-refractivity contribution in [3.8, 4) is 5.75 Å². The lowest BCUT2D eigenvalue weighted by molar-refractivity contribution is -0.113. The minimum Gasteiger partial charge on any atom is -0.497 e. The van der Waals surface area contributed by atoms with Gasteiger partial charge in [0.15, 0.2) is 11.0 Å². The number of nitrogens with one attached hydrogen (secondary N) is 2. The van der Waals surface area contributed by atoms with Gasteiger partial charge in [0.05, 0.1) is 30.2 Å². The number of aromatic nitrogens is 3. The summed E-state index contributed by atoms with van der Waals surface area (Å²) in [7, 11) is 1.54. The Hall–Kier alpha value is -2.79. The van der Waals surface area contributed by atoms with Gasteiger partial charge in [0.25, 0.3) is 5.91 Å². The Morgan fingerprint density at radius 3 is 2.53 bits per heavy atom. The number of hydrogen-bond acceptors (Lipinski definition) is 7. The molecular weight excluding hydrogens is 501 g/mol. The molecule has 180 valence electrons. The lowest BCUT2D eigenvalue weighted by Crippen LogP contribution is -2.32. The van der Waals surface area contributed by atoms with Gasteiger partial charge in [-0.3, -0.25) is 9.59 Å². The minimum atomic E-state index is -0.780. The van der Waals surface area contributed by atoms with Gasteiger partial charge >= 0.3 is 0 Å². The van der Waals surface area contributed by atoms with E-state index in [-0.39, 0.29) is 24.2 Å². The molecule has 0 bridgehead atoms. The Balaban J connectivity index is 1.66. The third-order valence-electron chi connectivity index (χ3n) is 4.75. The van der Waals surface area contributed by atoms with Gasteiger partial charge in [-0.05, 0) is 49.4 Å². The van der Waals surface area contributed by atoms with Crippen molar-refractivity contribution in [1.29, 1.82) is 0 Å². The van der Waals surface area contributed by atoms with Crippen LogP contribution in [0, 0.1) is 0 Å². The second-order valence-corrected chi connectivity index (χ2v) is 8.77. The highest BCUT2D eigenvalue weighted by atomic mass is 35.5. The first-order valence-electron chi connectivity index (χ1n) is 10.2. The molecule has 0 fully saturated rings. The van der Waals surface area contributed by atoms with E-state index in [4.69, 9.17) is 27.9 Å². The summed E-state index contributed by atoms with van der Waals surface area (Å²) < 4.78 is 6.84. The number of hydrogen-bond donors (Lipinski definition) is 3. The Morgan fingerprint density at radius 2 is 1.91 bits per heavy atom. The number of nitrogens with zero attached hydrogens (tertiary/aromatic N) is 3. The van der Waals surface area contributed by atoms with Gasteiger partial charge in [-0.2, -0.15) is 0 Å². The molecule has 34 heavy (non-hydrogen) atoms. The first-order chi connectivity index (χ1) is 16.4. The van der Waals surface area contributed by atoms with E-state index in [0.29, 0.717) is 44.6 Å². The molecule has 3 N–H and O–H groups in total.